The fraction of sp³-hybridized carbons (Fsp3) is 0.0870. The maximum atomic E-state index is 14.2. The third-order valence-electron chi connectivity index (χ3n) is 4.79. The lowest BCUT2D eigenvalue weighted by atomic mass is 10.00. The van der Waals surface area contributed by atoms with Crippen molar-refractivity contribution in [2.45, 2.75) is 12.8 Å². The number of hydrogen-bond acceptors (Lipinski definition) is 3. The van der Waals surface area contributed by atoms with E-state index in [1.165, 1.54) is 18.3 Å². The molecule has 2 heterocycles. The molecule has 150 valence electrons. The van der Waals surface area contributed by atoms with Gasteiger partial charge in [0.2, 0.25) is 0 Å². The number of fused-ring (bicyclic) bond motifs is 1. The van der Waals surface area contributed by atoms with Gasteiger partial charge in [-0.15, -0.1) is 0 Å². The molecular weight excluding hydrogens is 407 g/mol. The van der Waals surface area contributed by atoms with Gasteiger partial charge in [-0.3, -0.25) is 9.59 Å². The molecule has 0 aliphatic carbocycles. The quantitative estimate of drug-likeness (QED) is 0.437. The SMILES string of the molecule is O=C(O)Cc1ccc(Cc2cnc3[nH]cc(C(=O)c4ccc(Cl)cc4F)c3c2)cc1. The van der Waals surface area contributed by atoms with Crippen LogP contribution in [-0.4, -0.2) is 26.8 Å². The molecule has 30 heavy (non-hydrogen) atoms. The third kappa shape index (κ3) is 4.09. The average Bonchev–Trinajstić information content (AvgIpc) is 3.12. The Hall–Kier alpha value is -3.51. The van der Waals surface area contributed by atoms with Crippen LogP contribution in [0.25, 0.3) is 11.0 Å². The molecule has 0 aliphatic heterocycles. The molecule has 0 saturated carbocycles. The van der Waals surface area contributed by atoms with Crippen LogP contribution in [0.5, 0.6) is 0 Å². The first-order valence-electron chi connectivity index (χ1n) is 9.16. The molecule has 0 fully saturated rings. The van der Waals surface area contributed by atoms with Crippen LogP contribution in [-0.2, 0) is 17.6 Å². The standard InChI is InChI=1S/C23H16ClFN2O3/c24-16-5-6-17(20(25)10-16)22(30)19-12-27-23-18(19)8-15(11-26-23)7-13-1-3-14(4-2-13)9-21(28)29/h1-6,8,10-12H,7,9H2,(H,26,27)(H,28,29). The van der Waals surface area contributed by atoms with Crippen molar-refractivity contribution in [1.82, 2.24) is 9.97 Å². The lowest BCUT2D eigenvalue weighted by Crippen LogP contribution is -2.04. The van der Waals surface area contributed by atoms with E-state index < -0.39 is 17.6 Å². The molecule has 4 rings (SSSR count). The number of nitrogens with zero attached hydrogens (tertiary/aromatic N) is 1. The number of hydrogen-bond donors (Lipinski definition) is 2. The Morgan fingerprint density at radius 2 is 1.73 bits per heavy atom. The van der Waals surface area contributed by atoms with Gasteiger partial charge >= 0.3 is 5.97 Å². The van der Waals surface area contributed by atoms with Crippen molar-refractivity contribution in [1.29, 1.82) is 0 Å². The van der Waals surface area contributed by atoms with Crippen LogP contribution >= 0.6 is 11.6 Å². The van der Waals surface area contributed by atoms with Crippen LogP contribution < -0.4 is 0 Å². The highest BCUT2D eigenvalue weighted by atomic mass is 35.5. The maximum Gasteiger partial charge on any atom is 0.307 e. The van der Waals surface area contributed by atoms with Crippen LogP contribution in [0.2, 0.25) is 5.02 Å². The van der Waals surface area contributed by atoms with E-state index in [2.05, 4.69) is 9.97 Å². The Labute approximate surface area is 176 Å². The van der Waals surface area contributed by atoms with Crippen molar-refractivity contribution in [3.63, 3.8) is 0 Å². The number of aromatic amines is 1. The lowest BCUT2D eigenvalue weighted by molar-refractivity contribution is -0.136. The molecule has 2 aromatic heterocycles. The Morgan fingerprint density at radius 3 is 2.43 bits per heavy atom. The van der Waals surface area contributed by atoms with E-state index in [-0.39, 0.29) is 17.0 Å². The Morgan fingerprint density at radius 1 is 1.00 bits per heavy atom. The van der Waals surface area contributed by atoms with Crippen molar-refractivity contribution in [2.75, 3.05) is 0 Å². The van der Waals surface area contributed by atoms with Gasteiger partial charge in [0, 0.05) is 28.4 Å². The number of carboxylic acids is 1. The number of H-pyrrole nitrogens is 1. The van der Waals surface area contributed by atoms with Gasteiger partial charge < -0.3 is 10.1 Å². The molecular formula is C23H16ClFN2O3. The fourth-order valence-electron chi connectivity index (χ4n) is 3.34. The zero-order chi connectivity index (χ0) is 21.3. The smallest absolute Gasteiger partial charge is 0.307 e. The number of halogens is 2. The molecule has 0 spiro atoms. The summed E-state index contributed by atoms with van der Waals surface area (Å²) in [5.74, 6) is -2.00. The summed E-state index contributed by atoms with van der Waals surface area (Å²) in [6, 6.07) is 13.1. The number of benzene rings is 2. The molecule has 0 aliphatic rings. The van der Waals surface area contributed by atoms with Gasteiger partial charge in [0.25, 0.3) is 0 Å². The molecule has 0 radical (unpaired) electrons. The van der Waals surface area contributed by atoms with Crippen molar-refractivity contribution < 1.29 is 19.1 Å². The summed E-state index contributed by atoms with van der Waals surface area (Å²) in [5.41, 5.74) is 3.39. The summed E-state index contributed by atoms with van der Waals surface area (Å²) >= 11 is 5.78. The molecule has 0 amide bonds. The second-order valence-electron chi connectivity index (χ2n) is 6.96. The van der Waals surface area contributed by atoms with E-state index in [4.69, 9.17) is 16.7 Å². The summed E-state index contributed by atoms with van der Waals surface area (Å²) < 4.78 is 14.2. The maximum absolute atomic E-state index is 14.2. The first-order valence-corrected chi connectivity index (χ1v) is 9.54. The van der Waals surface area contributed by atoms with E-state index in [1.54, 1.807) is 18.3 Å². The number of nitrogens with one attached hydrogen (secondary N) is 1. The minimum atomic E-state index is -0.876. The Bertz CT molecular complexity index is 1270. The van der Waals surface area contributed by atoms with Crippen LogP contribution in [0, 0.1) is 5.82 Å². The number of rotatable bonds is 6. The summed E-state index contributed by atoms with van der Waals surface area (Å²) in [6.45, 7) is 0. The monoisotopic (exact) mass is 422 g/mol. The lowest BCUT2D eigenvalue weighted by Gasteiger charge is -2.05. The highest BCUT2D eigenvalue weighted by Crippen LogP contribution is 2.24. The van der Waals surface area contributed by atoms with E-state index >= 15 is 0 Å². The topological polar surface area (TPSA) is 83.0 Å². The first-order chi connectivity index (χ1) is 14.4. The van der Waals surface area contributed by atoms with Crippen LogP contribution in [0.4, 0.5) is 4.39 Å². The number of carboxylic acid groups (broad SMARTS) is 1. The second kappa shape index (κ2) is 8.08. The van der Waals surface area contributed by atoms with Crippen LogP contribution in [0.3, 0.4) is 0 Å². The molecule has 0 atom stereocenters. The molecule has 4 aromatic rings. The van der Waals surface area contributed by atoms with Gasteiger partial charge in [-0.1, -0.05) is 35.9 Å². The summed E-state index contributed by atoms with van der Waals surface area (Å²) in [6.07, 6.45) is 3.77. The highest BCUT2D eigenvalue weighted by Gasteiger charge is 2.19. The Balaban J connectivity index is 1.63. The molecule has 5 nitrogen and oxygen atoms in total. The molecule has 7 heteroatoms. The van der Waals surface area contributed by atoms with E-state index in [0.717, 1.165) is 22.8 Å². The highest BCUT2D eigenvalue weighted by molar-refractivity contribution is 6.30. The summed E-state index contributed by atoms with van der Waals surface area (Å²) in [5, 5.41) is 9.70. The number of aliphatic carboxylic acids is 1. The van der Waals surface area contributed by atoms with Crippen molar-refractivity contribution >= 4 is 34.4 Å². The number of carbonyl (C=O) groups excluding carboxylic acids is 1. The number of ketones is 1. The van der Waals surface area contributed by atoms with Crippen molar-refractivity contribution in [3.8, 4) is 0 Å². The average molecular weight is 423 g/mol. The van der Waals surface area contributed by atoms with E-state index in [0.29, 0.717) is 23.0 Å². The van der Waals surface area contributed by atoms with Crippen molar-refractivity contribution in [3.05, 3.63) is 99.6 Å². The van der Waals surface area contributed by atoms with Gasteiger partial charge in [-0.25, -0.2) is 9.37 Å². The fourth-order valence-corrected chi connectivity index (χ4v) is 3.49. The van der Waals surface area contributed by atoms with Crippen LogP contribution in [0.15, 0.2) is 60.9 Å². The molecule has 2 N–H and O–H groups in total. The molecule has 0 bridgehead atoms. The molecule has 0 unspecified atom stereocenters. The largest absolute Gasteiger partial charge is 0.481 e. The van der Waals surface area contributed by atoms with E-state index in [9.17, 15) is 14.0 Å². The summed E-state index contributed by atoms with van der Waals surface area (Å²) in [4.78, 5) is 31.0. The number of carbonyl (C=O) groups is 2. The minimum Gasteiger partial charge on any atom is -0.481 e. The van der Waals surface area contributed by atoms with Gasteiger partial charge in [0.05, 0.1) is 12.0 Å². The zero-order valence-corrected chi connectivity index (χ0v) is 16.4. The molecule has 0 saturated heterocycles. The van der Waals surface area contributed by atoms with Crippen molar-refractivity contribution in [2.24, 2.45) is 0 Å². The predicted molar refractivity (Wildman–Crippen MR) is 112 cm³/mol. The zero-order valence-electron chi connectivity index (χ0n) is 15.7. The normalized spacial score (nSPS) is 11.0. The van der Waals surface area contributed by atoms with Gasteiger partial charge in [0.15, 0.2) is 5.78 Å². The van der Waals surface area contributed by atoms with E-state index in [1.807, 2.05) is 18.2 Å². The van der Waals surface area contributed by atoms with Gasteiger partial charge in [-0.2, -0.15) is 0 Å². The second-order valence-corrected chi connectivity index (χ2v) is 7.40. The summed E-state index contributed by atoms with van der Waals surface area (Å²) in [7, 11) is 0. The third-order valence-corrected chi connectivity index (χ3v) is 5.03. The predicted octanol–water partition coefficient (Wildman–Crippen LogP) is 4.80. The van der Waals surface area contributed by atoms with Crippen LogP contribution in [0.1, 0.15) is 32.6 Å². The van der Waals surface area contributed by atoms with Gasteiger partial charge in [0.1, 0.15) is 11.5 Å². The minimum absolute atomic E-state index is 0.0239. The first kappa shape index (κ1) is 19.8. The van der Waals surface area contributed by atoms with Gasteiger partial charge in [-0.05, 0) is 47.4 Å². The molecule has 2 aromatic carbocycles. The number of aromatic nitrogens is 2. The Kier molecular flexibility index (Phi) is 5.33. The number of pyridine rings is 1.